The van der Waals surface area contributed by atoms with E-state index >= 15 is 0 Å². The Morgan fingerprint density at radius 2 is 2.29 bits per heavy atom. The second-order valence-electron chi connectivity index (χ2n) is 3.93. The predicted molar refractivity (Wildman–Crippen MR) is 55.5 cm³/mol. The molecule has 0 bridgehead atoms. The molecule has 0 radical (unpaired) electrons. The maximum atomic E-state index is 13.0. The third kappa shape index (κ3) is 2.13. The van der Waals surface area contributed by atoms with Gasteiger partial charge in [0.2, 0.25) is 0 Å². The minimum atomic E-state index is -0.133. The van der Waals surface area contributed by atoms with Gasteiger partial charge in [-0.15, -0.1) is 0 Å². The number of benzene rings is 1. The van der Waals surface area contributed by atoms with E-state index in [0.29, 0.717) is 6.04 Å². The summed E-state index contributed by atoms with van der Waals surface area (Å²) >= 11 is 0. The summed E-state index contributed by atoms with van der Waals surface area (Å²) in [6, 6.07) is 7.30. The van der Waals surface area contributed by atoms with Crippen molar-refractivity contribution in [2.24, 2.45) is 5.92 Å². The molecule has 2 rings (SSSR count). The van der Waals surface area contributed by atoms with Crippen LogP contribution in [0.15, 0.2) is 24.3 Å². The molecule has 0 aromatic heterocycles. The van der Waals surface area contributed by atoms with Gasteiger partial charge < -0.3 is 5.32 Å². The second-order valence-corrected chi connectivity index (χ2v) is 3.93. The molecular weight excluding hydrogens is 177 g/mol. The Kier molecular flexibility index (Phi) is 2.82. The first-order valence-electron chi connectivity index (χ1n) is 5.30. The highest BCUT2D eigenvalue weighted by molar-refractivity contribution is 5.22. The summed E-state index contributed by atoms with van der Waals surface area (Å²) in [7, 11) is 0. The van der Waals surface area contributed by atoms with E-state index in [1.54, 1.807) is 12.1 Å². The maximum Gasteiger partial charge on any atom is 0.123 e. The van der Waals surface area contributed by atoms with Crippen LogP contribution in [0.25, 0.3) is 0 Å². The molecule has 1 atom stereocenters. The summed E-state index contributed by atoms with van der Waals surface area (Å²) in [6.45, 7) is 3.03. The van der Waals surface area contributed by atoms with Gasteiger partial charge in [0.1, 0.15) is 5.82 Å². The van der Waals surface area contributed by atoms with Gasteiger partial charge in [0.25, 0.3) is 0 Å². The Bertz CT molecular complexity index is 307. The minimum Gasteiger partial charge on any atom is -0.310 e. The zero-order chi connectivity index (χ0) is 9.97. The van der Waals surface area contributed by atoms with Crippen molar-refractivity contribution in [3.63, 3.8) is 0 Å². The lowest BCUT2D eigenvalue weighted by Crippen LogP contribution is -2.22. The normalized spacial score (nSPS) is 18.1. The molecule has 1 aromatic carbocycles. The van der Waals surface area contributed by atoms with Gasteiger partial charge in [0.15, 0.2) is 0 Å². The molecule has 1 nitrogen and oxygen atoms in total. The molecule has 0 amide bonds. The van der Waals surface area contributed by atoms with Gasteiger partial charge in [-0.05, 0) is 43.0 Å². The van der Waals surface area contributed by atoms with Gasteiger partial charge in [-0.2, -0.15) is 0 Å². The summed E-state index contributed by atoms with van der Waals surface area (Å²) < 4.78 is 13.0. The van der Waals surface area contributed by atoms with Crippen LogP contribution >= 0.6 is 0 Å². The van der Waals surface area contributed by atoms with E-state index in [0.717, 1.165) is 18.0 Å². The average Bonchev–Trinajstić information content (AvgIpc) is 2.97. The second kappa shape index (κ2) is 4.09. The molecule has 1 unspecified atom stereocenters. The average molecular weight is 193 g/mol. The highest BCUT2D eigenvalue weighted by Crippen LogP contribution is 2.40. The molecule has 1 aliphatic rings. The van der Waals surface area contributed by atoms with Crippen molar-refractivity contribution < 1.29 is 4.39 Å². The third-order valence-corrected chi connectivity index (χ3v) is 2.73. The summed E-state index contributed by atoms with van der Waals surface area (Å²) in [4.78, 5) is 0. The van der Waals surface area contributed by atoms with Gasteiger partial charge >= 0.3 is 0 Å². The third-order valence-electron chi connectivity index (χ3n) is 2.73. The summed E-state index contributed by atoms with van der Waals surface area (Å²) in [5.41, 5.74) is 1.09. The summed E-state index contributed by atoms with van der Waals surface area (Å²) in [6.07, 6.45) is 2.54. The van der Waals surface area contributed by atoms with Gasteiger partial charge in [-0.3, -0.25) is 0 Å². The van der Waals surface area contributed by atoms with Crippen LogP contribution < -0.4 is 5.32 Å². The van der Waals surface area contributed by atoms with E-state index < -0.39 is 0 Å². The van der Waals surface area contributed by atoms with Crippen molar-refractivity contribution >= 4 is 0 Å². The van der Waals surface area contributed by atoms with E-state index in [1.165, 1.54) is 18.9 Å². The van der Waals surface area contributed by atoms with Crippen LogP contribution in [-0.4, -0.2) is 6.54 Å². The van der Waals surface area contributed by atoms with Crippen molar-refractivity contribution in [2.75, 3.05) is 6.54 Å². The maximum absolute atomic E-state index is 13.0. The molecule has 1 fully saturated rings. The number of nitrogens with one attached hydrogen (secondary N) is 1. The smallest absolute Gasteiger partial charge is 0.123 e. The first-order chi connectivity index (χ1) is 6.81. The topological polar surface area (TPSA) is 12.0 Å². The van der Waals surface area contributed by atoms with Crippen LogP contribution in [0.4, 0.5) is 4.39 Å². The van der Waals surface area contributed by atoms with Crippen LogP contribution in [0.1, 0.15) is 31.4 Å². The van der Waals surface area contributed by atoms with E-state index in [-0.39, 0.29) is 5.82 Å². The molecule has 14 heavy (non-hydrogen) atoms. The van der Waals surface area contributed by atoms with Crippen LogP contribution in [-0.2, 0) is 0 Å². The SMILES string of the molecule is CCNC(c1cccc(F)c1)C1CC1. The monoisotopic (exact) mass is 193 g/mol. The fourth-order valence-electron chi connectivity index (χ4n) is 1.91. The highest BCUT2D eigenvalue weighted by atomic mass is 19.1. The molecule has 0 aliphatic heterocycles. The lowest BCUT2D eigenvalue weighted by Gasteiger charge is -2.17. The van der Waals surface area contributed by atoms with E-state index in [2.05, 4.69) is 12.2 Å². The van der Waals surface area contributed by atoms with Crippen molar-refractivity contribution in [2.45, 2.75) is 25.8 Å². The standard InChI is InChI=1S/C12H16FN/c1-2-14-12(9-6-7-9)10-4-3-5-11(13)8-10/h3-5,8-9,12,14H,2,6-7H2,1H3. The molecule has 2 heteroatoms. The summed E-state index contributed by atoms with van der Waals surface area (Å²) in [5, 5.41) is 3.42. The van der Waals surface area contributed by atoms with Crippen molar-refractivity contribution in [1.29, 1.82) is 0 Å². The minimum absolute atomic E-state index is 0.133. The predicted octanol–water partition coefficient (Wildman–Crippen LogP) is 2.89. The van der Waals surface area contributed by atoms with Gasteiger partial charge in [0.05, 0.1) is 0 Å². The van der Waals surface area contributed by atoms with E-state index in [1.807, 2.05) is 6.07 Å². The van der Waals surface area contributed by atoms with E-state index in [4.69, 9.17) is 0 Å². The largest absolute Gasteiger partial charge is 0.310 e. The summed E-state index contributed by atoms with van der Waals surface area (Å²) in [5.74, 6) is 0.586. The van der Waals surface area contributed by atoms with Crippen molar-refractivity contribution in [3.05, 3.63) is 35.6 Å². The highest BCUT2D eigenvalue weighted by Gasteiger charge is 2.31. The lowest BCUT2D eigenvalue weighted by atomic mass is 10.0. The van der Waals surface area contributed by atoms with Crippen LogP contribution in [0, 0.1) is 11.7 Å². The van der Waals surface area contributed by atoms with Crippen molar-refractivity contribution in [1.82, 2.24) is 5.32 Å². The van der Waals surface area contributed by atoms with E-state index in [9.17, 15) is 4.39 Å². The quantitative estimate of drug-likeness (QED) is 0.775. The molecule has 0 saturated heterocycles. The molecule has 0 heterocycles. The number of hydrogen-bond acceptors (Lipinski definition) is 1. The Morgan fingerprint density at radius 3 is 2.86 bits per heavy atom. The van der Waals surface area contributed by atoms with Crippen molar-refractivity contribution in [3.8, 4) is 0 Å². The fourth-order valence-corrected chi connectivity index (χ4v) is 1.91. The zero-order valence-electron chi connectivity index (χ0n) is 8.46. The zero-order valence-corrected chi connectivity index (χ0v) is 8.46. The Balaban J connectivity index is 2.16. The van der Waals surface area contributed by atoms with Crippen LogP contribution in [0.3, 0.4) is 0 Å². The Hall–Kier alpha value is -0.890. The number of hydrogen-bond donors (Lipinski definition) is 1. The number of rotatable bonds is 4. The van der Waals surface area contributed by atoms with Gasteiger partial charge in [-0.25, -0.2) is 4.39 Å². The molecular formula is C12H16FN. The molecule has 1 saturated carbocycles. The van der Waals surface area contributed by atoms with Crippen LogP contribution in [0.2, 0.25) is 0 Å². The fraction of sp³-hybridized carbons (Fsp3) is 0.500. The first kappa shape index (κ1) is 9.66. The van der Waals surface area contributed by atoms with Gasteiger partial charge in [0, 0.05) is 6.04 Å². The number of halogens is 1. The first-order valence-corrected chi connectivity index (χ1v) is 5.30. The molecule has 1 N–H and O–H groups in total. The molecule has 1 aliphatic carbocycles. The Labute approximate surface area is 84.3 Å². The molecule has 1 aromatic rings. The molecule has 0 spiro atoms. The Morgan fingerprint density at radius 1 is 1.50 bits per heavy atom. The lowest BCUT2D eigenvalue weighted by molar-refractivity contribution is 0.492. The van der Waals surface area contributed by atoms with Crippen LogP contribution in [0.5, 0.6) is 0 Å². The molecule has 76 valence electrons. The van der Waals surface area contributed by atoms with Gasteiger partial charge in [-0.1, -0.05) is 19.1 Å².